The van der Waals surface area contributed by atoms with E-state index in [1.165, 1.54) is 11.3 Å². The van der Waals surface area contributed by atoms with Gasteiger partial charge in [-0.1, -0.05) is 0 Å². The Labute approximate surface area is 181 Å². The monoisotopic (exact) mass is 448 g/mol. The molecule has 0 saturated carbocycles. The van der Waals surface area contributed by atoms with Gasteiger partial charge in [0, 0.05) is 55.4 Å². The number of nitrogens with one attached hydrogen (secondary N) is 1. The molecule has 1 aliphatic heterocycles. The fourth-order valence-electron chi connectivity index (χ4n) is 3.05. The zero-order valence-corrected chi connectivity index (χ0v) is 18.3. The van der Waals surface area contributed by atoms with E-state index in [1.54, 1.807) is 19.6 Å². The molecular weight excluding hydrogens is 423 g/mol. The molecule has 1 aromatic heterocycles. The van der Waals surface area contributed by atoms with Gasteiger partial charge in [-0.3, -0.25) is 4.79 Å². The Morgan fingerprint density at radius 2 is 1.96 bits per heavy atom. The fraction of sp³-hybridized carbons (Fsp3) is 0.444. The summed E-state index contributed by atoms with van der Waals surface area (Å²) in [6, 6.07) is 5.88. The molecule has 1 aliphatic rings. The Bertz CT molecular complexity index is 753. The Kier molecular flexibility index (Phi) is 9.81. The predicted molar refractivity (Wildman–Crippen MR) is 117 cm³/mol. The molecule has 0 spiro atoms. The maximum atomic E-state index is 12.2. The van der Waals surface area contributed by atoms with E-state index < -0.39 is 0 Å². The molecule has 1 unspecified atom stereocenters. The number of hydrogen-bond acceptors (Lipinski definition) is 7. The number of halogens is 2. The van der Waals surface area contributed by atoms with Crippen molar-refractivity contribution in [3.63, 3.8) is 0 Å². The second-order valence-electron chi connectivity index (χ2n) is 6.21. The van der Waals surface area contributed by atoms with E-state index in [2.05, 4.69) is 15.2 Å². The van der Waals surface area contributed by atoms with Crippen LogP contribution < -0.4 is 25.4 Å². The molecule has 10 heteroatoms. The molecule has 3 N–H and O–H groups in total. The van der Waals surface area contributed by atoms with Crippen molar-refractivity contribution in [3.8, 4) is 11.5 Å². The molecule has 7 nitrogen and oxygen atoms in total. The Morgan fingerprint density at radius 3 is 2.54 bits per heavy atom. The Morgan fingerprint density at radius 1 is 1.29 bits per heavy atom. The van der Waals surface area contributed by atoms with Crippen molar-refractivity contribution < 1.29 is 14.3 Å². The first-order valence-corrected chi connectivity index (χ1v) is 9.41. The molecule has 1 amide bonds. The second kappa shape index (κ2) is 11.3. The Hall–Kier alpha value is -1.74. The lowest BCUT2D eigenvalue weighted by atomic mass is 10.1. The van der Waals surface area contributed by atoms with E-state index in [4.69, 9.17) is 15.2 Å². The van der Waals surface area contributed by atoms with Crippen LogP contribution in [0.15, 0.2) is 23.6 Å². The lowest BCUT2D eigenvalue weighted by Crippen LogP contribution is -2.31. The number of carbonyl (C=O) groups is 1. The highest BCUT2D eigenvalue weighted by atomic mass is 35.5. The highest BCUT2D eigenvalue weighted by Crippen LogP contribution is 2.31. The summed E-state index contributed by atoms with van der Waals surface area (Å²) in [4.78, 5) is 18.7. The molecule has 2 heterocycles. The third kappa shape index (κ3) is 5.88. The third-order valence-electron chi connectivity index (χ3n) is 4.50. The summed E-state index contributed by atoms with van der Waals surface area (Å²) in [7, 11) is 3.30. The number of anilines is 1. The van der Waals surface area contributed by atoms with Gasteiger partial charge in [-0.25, -0.2) is 4.98 Å². The topological polar surface area (TPSA) is 89.7 Å². The van der Waals surface area contributed by atoms with Gasteiger partial charge in [-0.05, 0) is 12.3 Å². The fourth-order valence-corrected chi connectivity index (χ4v) is 3.70. The van der Waals surface area contributed by atoms with Crippen LogP contribution in [-0.2, 0) is 6.54 Å². The highest BCUT2D eigenvalue weighted by molar-refractivity contribution is 7.09. The van der Waals surface area contributed by atoms with Gasteiger partial charge in [0.1, 0.15) is 22.2 Å². The molecule has 1 fully saturated rings. The van der Waals surface area contributed by atoms with E-state index in [1.807, 2.05) is 18.2 Å². The standard InChI is InChI=1S/C18H24N4O3S.2ClH/c1-24-14-5-13(6-15(7-14)25-2)22-4-3-12(10-22)9-20-18(23)16-11-26-17(8-19)21-16;;/h5-7,11-12H,3-4,8-10,19H2,1-2H3,(H,20,23);2*1H. The van der Waals surface area contributed by atoms with E-state index >= 15 is 0 Å². The van der Waals surface area contributed by atoms with E-state index in [0.29, 0.717) is 24.7 Å². The van der Waals surface area contributed by atoms with Crippen LogP contribution in [0.4, 0.5) is 5.69 Å². The Balaban J connectivity index is 0.00000196. The first-order valence-electron chi connectivity index (χ1n) is 8.53. The average molecular weight is 449 g/mol. The van der Waals surface area contributed by atoms with Gasteiger partial charge >= 0.3 is 0 Å². The van der Waals surface area contributed by atoms with Crippen LogP contribution in [0.2, 0.25) is 0 Å². The molecule has 156 valence electrons. The number of aromatic nitrogens is 1. The minimum Gasteiger partial charge on any atom is -0.497 e. The van der Waals surface area contributed by atoms with Crippen molar-refractivity contribution in [1.82, 2.24) is 10.3 Å². The lowest BCUT2D eigenvalue weighted by Gasteiger charge is -2.20. The SMILES string of the molecule is COc1cc(OC)cc(N2CCC(CNC(=O)c3csc(CN)n3)C2)c1.Cl.Cl. The maximum Gasteiger partial charge on any atom is 0.270 e. The number of carbonyl (C=O) groups excluding carboxylic acids is 1. The van der Waals surface area contributed by atoms with Gasteiger partial charge in [0.2, 0.25) is 0 Å². The van der Waals surface area contributed by atoms with Gasteiger partial charge in [-0.2, -0.15) is 0 Å². The minimum atomic E-state index is -0.137. The van der Waals surface area contributed by atoms with Crippen LogP contribution in [0.3, 0.4) is 0 Å². The molecule has 0 bridgehead atoms. The summed E-state index contributed by atoms with van der Waals surface area (Å²) in [6.07, 6.45) is 1.02. The zero-order valence-electron chi connectivity index (χ0n) is 15.8. The smallest absolute Gasteiger partial charge is 0.270 e. The van der Waals surface area contributed by atoms with Crippen LogP contribution >= 0.6 is 36.2 Å². The molecular formula is C18H26Cl2N4O3S. The number of nitrogens with zero attached hydrogens (tertiary/aromatic N) is 2. The molecule has 3 rings (SSSR count). The summed E-state index contributed by atoms with van der Waals surface area (Å²) in [5.41, 5.74) is 7.06. The van der Waals surface area contributed by atoms with Crippen LogP contribution in [0.5, 0.6) is 11.5 Å². The van der Waals surface area contributed by atoms with Gasteiger partial charge in [0.25, 0.3) is 5.91 Å². The molecule has 1 atom stereocenters. The van der Waals surface area contributed by atoms with E-state index in [-0.39, 0.29) is 30.7 Å². The van der Waals surface area contributed by atoms with Gasteiger partial charge < -0.3 is 25.4 Å². The van der Waals surface area contributed by atoms with Crippen molar-refractivity contribution >= 4 is 47.7 Å². The van der Waals surface area contributed by atoms with Crippen LogP contribution in [0.25, 0.3) is 0 Å². The van der Waals surface area contributed by atoms with Crippen molar-refractivity contribution in [2.75, 3.05) is 38.8 Å². The zero-order chi connectivity index (χ0) is 18.5. The lowest BCUT2D eigenvalue weighted by molar-refractivity contribution is 0.0944. The van der Waals surface area contributed by atoms with Gasteiger partial charge in [0.15, 0.2) is 0 Å². The first kappa shape index (κ1) is 24.3. The number of benzene rings is 1. The van der Waals surface area contributed by atoms with Crippen LogP contribution in [0.1, 0.15) is 21.9 Å². The van der Waals surface area contributed by atoms with Crippen molar-refractivity contribution in [2.45, 2.75) is 13.0 Å². The second-order valence-corrected chi connectivity index (χ2v) is 7.15. The molecule has 0 radical (unpaired) electrons. The maximum absolute atomic E-state index is 12.2. The minimum absolute atomic E-state index is 0. The first-order chi connectivity index (χ1) is 12.6. The molecule has 1 saturated heterocycles. The number of rotatable bonds is 7. The number of thiazole rings is 1. The van der Waals surface area contributed by atoms with E-state index in [0.717, 1.165) is 41.7 Å². The highest BCUT2D eigenvalue weighted by Gasteiger charge is 2.24. The average Bonchev–Trinajstić information content (AvgIpc) is 3.35. The molecule has 2 aromatic rings. The number of hydrogen-bond donors (Lipinski definition) is 2. The van der Waals surface area contributed by atoms with Crippen molar-refractivity contribution in [2.24, 2.45) is 11.7 Å². The summed E-state index contributed by atoms with van der Waals surface area (Å²) in [6.45, 7) is 2.80. The number of methoxy groups -OCH3 is 2. The quantitative estimate of drug-likeness (QED) is 0.676. The van der Waals surface area contributed by atoms with E-state index in [9.17, 15) is 4.79 Å². The summed E-state index contributed by atoms with van der Waals surface area (Å²) >= 11 is 1.41. The van der Waals surface area contributed by atoms with Crippen LogP contribution in [0, 0.1) is 5.92 Å². The molecule has 28 heavy (non-hydrogen) atoms. The largest absolute Gasteiger partial charge is 0.497 e. The predicted octanol–water partition coefficient (Wildman–Crippen LogP) is 2.72. The number of ether oxygens (including phenoxy) is 2. The molecule has 1 aromatic carbocycles. The summed E-state index contributed by atoms with van der Waals surface area (Å²) < 4.78 is 10.7. The number of amides is 1. The van der Waals surface area contributed by atoms with Gasteiger partial charge in [0.05, 0.1) is 14.2 Å². The third-order valence-corrected chi connectivity index (χ3v) is 5.37. The molecule has 0 aliphatic carbocycles. The van der Waals surface area contributed by atoms with Crippen LogP contribution in [-0.4, -0.2) is 44.7 Å². The van der Waals surface area contributed by atoms with Gasteiger partial charge in [-0.15, -0.1) is 36.2 Å². The van der Waals surface area contributed by atoms with Crippen molar-refractivity contribution in [3.05, 3.63) is 34.3 Å². The summed E-state index contributed by atoms with van der Waals surface area (Å²) in [5, 5.41) is 5.51. The normalized spacial score (nSPS) is 15.4. The summed E-state index contributed by atoms with van der Waals surface area (Å²) in [5.74, 6) is 1.80. The number of nitrogens with two attached hydrogens (primary N) is 1. The van der Waals surface area contributed by atoms with Crippen molar-refractivity contribution in [1.29, 1.82) is 0 Å².